The van der Waals surface area contributed by atoms with Gasteiger partial charge in [0.15, 0.2) is 8.32 Å². The van der Waals surface area contributed by atoms with Crippen molar-refractivity contribution < 1.29 is 27.2 Å². The van der Waals surface area contributed by atoms with Gasteiger partial charge in [0.25, 0.3) is 0 Å². The largest absolute Gasteiger partial charge is 0.544 e. The summed E-state index contributed by atoms with van der Waals surface area (Å²) < 4.78 is 46.6. The van der Waals surface area contributed by atoms with E-state index in [4.69, 9.17) is 13.6 Å². The van der Waals surface area contributed by atoms with Gasteiger partial charge in [-0.3, -0.25) is 4.90 Å². The molecular formula is C39H48F2N2O4Si2. The number of hydrogen-bond donors (Lipinski definition) is 1. The Morgan fingerprint density at radius 3 is 1.96 bits per heavy atom. The maximum Gasteiger partial charge on any atom is 0.410 e. The van der Waals surface area contributed by atoms with Crippen LogP contribution < -0.4 is 9.74 Å². The Kier molecular flexibility index (Phi) is 11.6. The minimum absolute atomic E-state index is 0.140. The maximum absolute atomic E-state index is 14.0. The van der Waals surface area contributed by atoms with Crippen LogP contribution in [-0.4, -0.2) is 40.8 Å². The maximum atomic E-state index is 14.0. The molecule has 0 aliphatic carbocycles. The Hall–Kier alpha value is -4.00. The number of carbonyl (C=O) groups excluding carboxylic acids is 1. The molecule has 4 aromatic carbocycles. The second kappa shape index (κ2) is 15.7. The molecule has 1 heterocycles. The van der Waals surface area contributed by atoms with E-state index in [1.807, 2.05) is 47.4 Å². The Labute approximate surface area is 291 Å². The van der Waals surface area contributed by atoms with Gasteiger partial charge in [0.2, 0.25) is 8.32 Å². The third kappa shape index (κ3) is 10.5. The van der Waals surface area contributed by atoms with E-state index in [0.29, 0.717) is 19.4 Å². The molecule has 0 spiro atoms. The predicted octanol–water partition coefficient (Wildman–Crippen LogP) is 10.5. The zero-order valence-corrected chi connectivity index (χ0v) is 31.3. The molecule has 1 saturated heterocycles. The first kappa shape index (κ1) is 36.3. The van der Waals surface area contributed by atoms with Crippen molar-refractivity contribution in [1.29, 1.82) is 0 Å². The van der Waals surface area contributed by atoms with E-state index in [1.165, 1.54) is 24.3 Å². The molecule has 1 aliphatic heterocycles. The van der Waals surface area contributed by atoms with E-state index >= 15 is 0 Å². The molecule has 1 amide bonds. The molecular weight excluding hydrogens is 655 g/mol. The summed E-state index contributed by atoms with van der Waals surface area (Å²) in [5.41, 5.74) is 3.69. The zero-order chi connectivity index (χ0) is 35.2. The van der Waals surface area contributed by atoms with E-state index < -0.39 is 16.6 Å². The first-order valence-corrected chi connectivity index (χ1v) is 23.8. The third-order valence-corrected chi connectivity index (χ3v) is 10.3. The van der Waals surface area contributed by atoms with Crippen LogP contribution in [0.1, 0.15) is 47.7 Å². The van der Waals surface area contributed by atoms with E-state index in [0.717, 1.165) is 28.1 Å². The quantitative estimate of drug-likeness (QED) is 0.125. The molecule has 0 saturated carbocycles. The molecule has 6 nitrogen and oxygen atoms in total. The lowest BCUT2D eigenvalue weighted by molar-refractivity contribution is 0.141. The zero-order valence-electron chi connectivity index (χ0n) is 29.3. The molecule has 0 unspecified atom stereocenters. The summed E-state index contributed by atoms with van der Waals surface area (Å²) in [6.07, 6.45) is 0.678. The fourth-order valence-electron chi connectivity index (χ4n) is 6.28. The highest BCUT2D eigenvalue weighted by molar-refractivity contribution is 6.70. The van der Waals surface area contributed by atoms with Gasteiger partial charge in [0.1, 0.15) is 24.0 Å². The van der Waals surface area contributed by atoms with Crippen molar-refractivity contribution in [1.82, 2.24) is 4.90 Å². The number of hydrogen-bond acceptors (Lipinski definition) is 5. The number of anilines is 1. The van der Waals surface area contributed by atoms with E-state index in [9.17, 15) is 13.6 Å². The monoisotopic (exact) mass is 702 g/mol. The van der Waals surface area contributed by atoms with Crippen molar-refractivity contribution in [2.45, 2.75) is 70.3 Å². The SMILES string of the molecule is C[Si](C)(C)Oc1ccc([C@@H](Nc2ccc(F)cc2)[C@@H](CC[C@H](O[Si](C)(C)C)c2ccc(F)cc2)CN2C(=O)OC[C@@H]2c2ccccc2)cc1. The van der Waals surface area contributed by atoms with Crippen LogP contribution in [0.3, 0.4) is 0 Å². The molecule has 4 atom stereocenters. The number of carbonyl (C=O) groups is 1. The number of nitrogens with one attached hydrogen (secondary N) is 1. The molecule has 10 heteroatoms. The second-order valence-electron chi connectivity index (χ2n) is 14.7. The van der Waals surface area contributed by atoms with Crippen molar-refractivity contribution in [2.24, 2.45) is 5.92 Å². The number of benzene rings is 4. The van der Waals surface area contributed by atoms with Gasteiger partial charge in [-0.15, -0.1) is 0 Å². The Balaban J connectivity index is 1.54. The van der Waals surface area contributed by atoms with Gasteiger partial charge >= 0.3 is 6.09 Å². The fraction of sp³-hybridized carbons (Fsp3) is 0.359. The van der Waals surface area contributed by atoms with Crippen molar-refractivity contribution >= 4 is 28.4 Å². The van der Waals surface area contributed by atoms with Gasteiger partial charge in [0.05, 0.1) is 18.2 Å². The molecule has 0 radical (unpaired) electrons. The predicted molar refractivity (Wildman–Crippen MR) is 197 cm³/mol. The van der Waals surface area contributed by atoms with Gasteiger partial charge < -0.3 is 18.9 Å². The topological polar surface area (TPSA) is 60.0 Å². The molecule has 5 rings (SSSR count). The average molecular weight is 703 g/mol. The summed E-state index contributed by atoms with van der Waals surface area (Å²) >= 11 is 0. The van der Waals surface area contributed by atoms with Gasteiger partial charge in [-0.1, -0.05) is 54.6 Å². The summed E-state index contributed by atoms with van der Waals surface area (Å²) in [6.45, 7) is 13.5. The van der Waals surface area contributed by atoms with Crippen LogP contribution in [0.4, 0.5) is 19.3 Å². The normalized spacial score (nSPS) is 16.9. The van der Waals surface area contributed by atoms with Gasteiger partial charge in [-0.05, 0) is 117 Å². The molecule has 0 aromatic heterocycles. The van der Waals surface area contributed by atoms with Crippen LogP contribution in [0.5, 0.6) is 5.75 Å². The first-order chi connectivity index (χ1) is 23.2. The Bertz CT molecular complexity index is 1640. The first-order valence-electron chi connectivity index (χ1n) is 17.0. The van der Waals surface area contributed by atoms with E-state index in [1.54, 1.807) is 24.3 Å². The fourth-order valence-corrected chi connectivity index (χ4v) is 8.23. The highest BCUT2D eigenvalue weighted by atomic mass is 28.4. The van der Waals surface area contributed by atoms with Crippen LogP contribution in [-0.2, 0) is 9.16 Å². The molecule has 4 aromatic rings. The summed E-state index contributed by atoms with van der Waals surface area (Å²) in [5, 5.41) is 3.69. The van der Waals surface area contributed by atoms with Crippen molar-refractivity contribution in [2.75, 3.05) is 18.5 Å². The lowest BCUT2D eigenvalue weighted by Crippen LogP contribution is -2.37. The van der Waals surface area contributed by atoms with Crippen molar-refractivity contribution in [3.8, 4) is 5.75 Å². The van der Waals surface area contributed by atoms with Crippen LogP contribution in [0.2, 0.25) is 39.3 Å². The molecule has 49 heavy (non-hydrogen) atoms. The van der Waals surface area contributed by atoms with Crippen LogP contribution in [0.25, 0.3) is 0 Å². The number of amides is 1. The minimum atomic E-state index is -2.01. The second-order valence-corrected chi connectivity index (χ2v) is 23.6. The lowest BCUT2D eigenvalue weighted by atomic mass is 9.86. The average Bonchev–Trinajstić information content (AvgIpc) is 3.41. The van der Waals surface area contributed by atoms with Gasteiger partial charge in [-0.2, -0.15) is 0 Å². The summed E-state index contributed by atoms with van der Waals surface area (Å²) in [7, 11) is -3.84. The molecule has 1 fully saturated rings. The number of cyclic esters (lactones) is 1. The number of nitrogens with zero attached hydrogens (tertiary/aromatic N) is 1. The molecule has 1 N–H and O–H groups in total. The van der Waals surface area contributed by atoms with Crippen molar-refractivity contribution in [3.63, 3.8) is 0 Å². The Morgan fingerprint density at radius 1 is 0.776 bits per heavy atom. The molecule has 0 bridgehead atoms. The highest BCUT2D eigenvalue weighted by Gasteiger charge is 2.38. The summed E-state index contributed by atoms with van der Waals surface area (Å²) in [5.74, 6) is 0.0617. The smallest absolute Gasteiger partial charge is 0.410 e. The third-order valence-electron chi connectivity index (χ3n) is 8.43. The minimum Gasteiger partial charge on any atom is -0.544 e. The van der Waals surface area contributed by atoms with E-state index in [-0.39, 0.29) is 48.4 Å². The lowest BCUT2D eigenvalue weighted by Gasteiger charge is -2.35. The van der Waals surface area contributed by atoms with Crippen LogP contribution in [0, 0.1) is 17.6 Å². The highest BCUT2D eigenvalue weighted by Crippen LogP contribution is 2.38. The Morgan fingerprint density at radius 2 is 1.37 bits per heavy atom. The summed E-state index contributed by atoms with van der Waals surface area (Å²) in [4.78, 5) is 15.2. The summed E-state index contributed by atoms with van der Waals surface area (Å²) in [6, 6.07) is 30.4. The standard InChI is InChI=1S/C39H48F2N2O4Si2/c1-48(2,3)46-35-23-14-30(15-24-35)38(42-34-21-19-33(41)20-22-34)31(26-43-36(27-45-39(43)44)28-10-8-7-9-11-28)16-25-37(47-49(4,5)6)29-12-17-32(40)18-13-29/h7-15,17-24,31,36-38,42H,16,25-27H2,1-6H3/t31-,36+,37-,38+/m0/s1. The number of ether oxygens (including phenoxy) is 1. The number of rotatable bonds is 15. The van der Waals surface area contributed by atoms with Crippen LogP contribution >= 0.6 is 0 Å². The molecule has 1 aliphatic rings. The molecule has 260 valence electrons. The van der Waals surface area contributed by atoms with E-state index in [2.05, 4.69) is 56.7 Å². The van der Waals surface area contributed by atoms with Crippen molar-refractivity contribution in [3.05, 3.63) is 131 Å². The van der Waals surface area contributed by atoms with Gasteiger partial charge in [0, 0.05) is 18.2 Å². The van der Waals surface area contributed by atoms with Crippen LogP contribution in [0.15, 0.2) is 103 Å². The van der Waals surface area contributed by atoms with Gasteiger partial charge in [-0.25, -0.2) is 13.6 Å². The number of halogens is 2.